The minimum Gasteiger partial charge on any atom is -0.461 e. The van der Waals surface area contributed by atoms with E-state index in [1.54, 1.807) is 0 Å². The van der Waals surface area contributed by atoms with Crippen molar-refractivity contribution in [1.82, 2.24) is 9.80 Å². The molecule has 0 aromatic rings. The number of rotatable bonds is 37. The quantitative estimate of drug-likeness (QED) is 0.0357. The fourth-order valence-electron chi connectivity index (χ4n) is 5.90. The number of thioether (sulfide) groups is 1. The Morgan fingerprint density at radius 3 is 1.39 bits per heavy atom. The first-order valence-electron chi connectivity index (χ1n) is 21.2. The Balaban J connectivity index is 4.27. The average Bonchev–Trinajstić information content (AvgIpc) is 3.13. The third-order valence-electron chi connectivity index (χ3n) is 9.33. The molecule has 298 valence electrons. The van der Waals surface area contributed by atoms with Gasteiger partial charge in [0, 0.05) is 31.7 Å². The summed E-state index contributed by atoms with van der Waals surface area (Å²) >= 11 is 1.48. The highest BCUT2D eigenvalue weighted by Crippen LogP contribution is 2.16. The van der Waals surface area contributed by atoms with Crippen molar-refractivity contribution < 1.29 is 23.9 Å². The van der Waals surface area contributed by atoms with Crippen molar-refractivity contribution in [3.8, 4) is 0 Å². The number of carbonyl (C=O) groups is 3. The number of nitrogens with zero attached hydrogens (tertiary/aromatic N) is 2. The van der Waals surface area contributed by atoms with Gasteiger partial charge in [-0.25, -0.2) is 0 Å². The van der Waals surface area contributed by atoms with E-state index in [0.29, 0.717) is 26.1 Å². The summed E-state index contributed by atoms with van der Waals surface area (Å²) in [7, 11) is 0. The van der Waals surface area contributed by atoms with Gasteiger partial charge in [-0.1, -0.05) is 141 Å². The molecule has 0 atom stereocenters. The fourth-order valence-corrected chi connectivity index (χ4v) is 6.79. The third kappa shape index (κ3) is 35.0. The summed E-state index contributed by atoms with van der Waals surface area (Å²) in [5.74, 6) is 0.673. The van der Waals surface area contributed by atoms with E-state index in [4.69, 9.17) is 9.47 Å². The molecule has 8 heteroatoms. The predicted molar refractivity (Wildman–Crippen MR) is 220 cm³/mol. The van der Waals surface area contributed by atoms with Crippen molar-refractivity contribution >= 4 is 28.9 Å². The van der Waals surface area contributed by atoms with Crippen LogP contribution in [0.5, 0.6) is 0 Å². The molecule has 51 heavy (non-hydrogen) atoms. The molecule has 0 aromatic carbocycles. The van der Waals surface area contributed by atoms with Crippen LogP contribution in [0, 0.1) is 0 Å². The second-order valence-corrected chi connectivity index (χ2v) is 14.9. The molecule has 0 saturated heterocycles. The predicted octanol–water partition coefficient (Wildman–Crippen LogP) is 12.1. The summed E-state index contributed by atoms with van der Waals surface area (Å²) < 4.78 is 10.7. The highest BCUT2D eigenvalue weighted by Gasteiger charge is 2.14. The smallest absolute Gasteiger partial charge is 0.306 e. The van der Waals surface area contributed by atoms with Crippen LogP contribution < -0.4 is 0 Å². The summed E-state index contributed by atoms with van der Waals surface area (Å²) in [6, 6.07) is 0. The van der Waals surface area contributed by atoms with E-state index in [1.165, 1.54) is 63.1 Å². The maximum atomic E-state index is 13.2. The van der Waals surface area contributed by atoms with Crippen LogP contribution in [0.4, 0.5) is 4.79 Å². The van der Waals surface area contributed by atoms with E-state index in [9.17, 15) is 14.4 Å². The average molecular weight is 737 g/mol. The van der Waals surface area contributed by atoms with Crippen molar-refractivity contribution in [2.45, 2.75) is 182 Å². The van der Waals surface area contributed by atoms with Gasteiger partial charge in [-0.3, -0.25) is 14.4 Å². The molecule has 0 aromatic heterocycles. The number of hydrogen-bond acceptors (Lipinski definition) is 7. The SMILES string of the molecule is CCCCCC/C=C\COC(=O)CCCCCCCN(CCCCCCCC(=O)OC/C=C\CCCCCC)C(=O)SCCCCN(CC)CC. The minimum atomic E-state index is -0.104. The molecule has 0 aliphatic heterocycles. The van der Waals surface area contributed by atoms with Crippen LogP contribution in [0.3, 0.4) is 0 Å². The first-order valence-corrected chi connectivity index (χ1v) is 22.2. The van der Waals surface area contributed by atoms with Crippen molar-refractivity contribution in [2.75, 3.05) is 51.7 Å². The standard InChI is InChI=1S/C43H80N2O5S/c1-5-9-11-13-15-23-30-38-49-41(46)33-25-19-17-21-27-36-45(43(48)51-40-32-29-35-44(7-3)8-4)37-28-22-18-20-26-34-42(47)50-39-31-24-16-14-12-10-6-2/h23-24,30-31H,5-22,25-29,32-40H2,1-4H3/b30-23-,31-24-. The topological polar surface area (TPSA) is 76.1 Å². The summed E-state index contributed by atoms with van der Waals surface area (Å²) in [6.07, 6.45) is 33.5. The lowest BCUT2D eigenvalue weighted by Gasteiger charge is -2.22. The maximum absolute atomic E-state index is 13.2. The lowest BCUT2D eigenvalue weighted by molar-refractivity contribution is -0.143. The molecular formula is C43H80N2O5S. The zero-order valence-electron chi connectivity index (χ0n) is 33.8. The number of allylic oxidation sites excluding steroid dienone is 2. The van der Waals surface area contributed by atoms with E-state index in [-0.39, 0.29) is 17.2 Å². The molecular weight excluding hydrogens is 657 g/mol. The van der Waals surface area contributed by atoms with Gasteiger partial charge >= 0.3 is 11.9 Å². The van der Waals surface area contributed by atoms with E-state index in [0.717, 1.165) is 128 Å². The van der Waals surface area contributed by atoms with Crippen LogP contribution in [-0.4, -0.2) is 78.7 Å². The molecule has 7 nitrogen and oxygen atoms in total. The van der Waals surface area contributed by atoms with Gasteiger partial charge in [0.2, 0.25) is 0 Å². The number of amides is 1. The zero-order valence-corrected chi connectivity index (χ0v) is 34.6. The Labute approximate surface area is 319 Å². The van der Waals surface area contributed by atoms with E-state index < -0.39 is 0 Å². The summed E-state index contributed by atoms with van der Waals surface area (Å²) in [6.45, 7) is 14.5. The van der Waals surface area contributed by atoms with Gasteiger partial charge in [-0.15, -0.1) is 0 Å². The van der Waals surface area contributed by atoms with Gasteiger partial charge in [0.05, 0.1) is 0 Å². The second kappa shape index (κ2) is 39.4. The van der Waals surface area contributed by atoms with Gasteiger partial charge in [-0.05, 0) is 83.8 Å². The highest BCUT2D eigenvalue weighted by atomic mass is 32.2. The van der Waals surface area contributed by atoms with Crippen LogP contribution in [0.25, 0.3) is 0 Å². The molecule has 1 amide bonds. The third-order valence-corrected chi connectivity index (χ3v) is 10.3. The molecule has 0 N–H and O–H groups in total. The Hall–Kier alpha value is -1.80. The van der Waals surface area contributed by atoms with Crippen LogP contribution in [0.1, 0.15) is 182 Å². The molecule has 0 fully saturated rings. The summed E-state index contributed by atoms with van der Waals surface area (Å²) in [4.78, 5) is 41.8. The van der Waals surface area contributed by atoms with E-state index >= 15 is 0 Å². The zero-order chi connectivity index (χ0) is 37.5. The molecule has 0 heterocycles. The molecule has 0 unspecified atom stereocenters. The number of hydrogen-bond donors (Lipinski definition) is 0. The molecule has 0 aliphatic rings. The molecule has 0 rings (SSSR count). The second-order valence-electron chi connectivity index (χ2n) is 13.9. The number of unbranched alkanes of at least 4 members (excludes halogenated alkanes) is 17. The molecule has 0 spiro atoms. The van der Waals surface area contributed by atoms with Gasteiger partial charge in [0.15, 0.2) is 0 Å². The van der Waals surface area contributed by atoms with Crippen molar-refractivity contribution in [2.24, 2.45) is 0 Å². The van der Waals surface area contributed by atoms with E-state index in [2.05, 4.69) is 49.6 Å². The normalized spacial score (nSPS) is 11.6. The number of ether oxygens (including phenoxy) is 2. The van der Waals surface area contributed by atoms with Gasteiger partial charge in [0.25, 0.3) is 5.24 Å². The molecule has 0 saturated carbocycles. The van der Waals surface area contributed by atoms with Crippen molar-refractivity contribution in [3.05, 3.63) is 24.3 Å². The summed E-state index contributed by atoms with van der Waals surface area (Å²) in [5.41, 5.74) is 0. The molecule has 0 radical (unpaired) electrons. The number of carbonyl (C=O) groups excluding carboxylic acids is 3. The molecule has 0 aliphatic carbocycles. The monoisotopic (exact) mass is 737 g/mol. The minimum absolute atomic E-state index is 0.104. The Bertz CT molecular complexity index is 809. The van der Waals surface area contributed by atoms with Crippen LogP contribution in [-0.2, 0) is 19.1 Å². The Morgan fingerprint density at radius 2 is 0.922 bits per heavy atom. The fraction of sp³-hybridized carbons (Fsp3) is 0.837. The number of esters is 2. The Morgan fingerprint density at radius 1 is 0.490 bits per heavy atom. The van der Waals surface area contributed by atoms with Crippen LogP contribution in [0.2, 0.25) is 0 Å². The van der Waals surface area contributed by atoms with Crippen molar-refractivity contribution in [3.63, 3.8) is 0 Å². The van der Waals surface area contributed by atoms with Crippen LogP contribution in [0.15, 0.2) is 24.3 Å². The first kappa shape index (κ1) is 49.2. The Kier molecular flexibility index (Phi) is 38.0. The first-order chi connectivity index (χ1) is 25.0. The summed E-state index contributed by atoms with van der Waals surface area (Å²) in [5, 5.41) is 0.216. The lowest BCUT2D eigenvalue weighted by atomic mass is 10.1. The van der Waals surface area contributed by atoms with Crippen LogP contribution >= 0.6 is 11.8 Å². The van der Waals surface area contributed by atoms with E-state index in [1.807, 2.05) is 12.2 Å². The molecule has 0 bridgehead atoms. The van der Waals surface area contributed by atoms with Crippen molar-refractivity contribution in [1.29, 1.82) is 0 Å². The largest absolute Gasteiger partial charge is 0.461 e. The van der Waals surface area contributed by atoms with Gasteiger partial charge < -0.3 is 19.3 Å². The van der Waals surface area contributed by atoms with Gasteiger partial charge in [0.1, 0.15) is 13.2 Å². The highest BCUT2D eigenvalue weighted by molar-refractivity contribution is 8.13. The lowest BCUT2D eigenvalue weighted by Crippen LogP contribution is -2.30. The maximum Gasteiger partial charge on any atom is 0.306 e. The van der Waals surface area contributed by atoms with Gasteiger partial charge in [-0.2, -0.15) is 0 Å².